The average molecular weight is 758 g/mol. The summed E-state index contributed by atoms with van der Waals surface area (Å²) < 4.78 is 80.3. The van der Waals surface area contributed by atoms with Crippen LogP contribution < -0.4 is 15.4 Å². The Balaban J connectivity index is 1.13. The van der Waals surface area contributed by atoms with Gasteiger partial charge < -0.3 is 20.3 Å². The average Bonchev–Trinajstić information content (AvgIpc) is 3.33. The summed E-state index contributed by atoms with van der Waals surface area (Å²) in [7, 11) is 0. The van der Waals surface area contributed by atoms with Gasteiger partial charge in [0.1, 0.15) is 46.9 Å². The second-order valence-corrected chi connectivity index (χ2v) is 16.6. The van der Waals surface area contributed by atoms with E-state index in [4.69, 9.17) is 27.1 Å². The molecule has 6 heterocycles. The number of halogens is 6. The number of fused-ring (bicyclic) bond motifs is 3. The number of aromatic nitrogens is 2. The largest absolute Gasteiger partial charge is 0.461 e. The van der Waals surface area contributed by atoms with Crippen LogP contribution in [-0.4, -0.2) is 89.2 Å². The van der Waals surface area contributed by atoms with Crippen molar-refractivity contribution >= 4 is 60.7 Å². The maximum atomic E-state index is 17.1. The number of carbonyl (C=O) groups is 1. The zero-order valence-electron chi connectivity index (χ0n) is 27.8. The van der Waals surface area contributed by atoms with Gasteiger partial charge in [-0.1, -0.05) is 17.7 Å². The maximum Gasteiger partial charge on any atom is 0.319 e. The van der Waals surface area contributed by atoms with E-state index in [9.17, 15) is 27.6 Å². The normalized spacial score (nSPS) is 26.2. The van der Waals surface area contributed by atoms with E-state index < -0.39 is 47.5 Å². The number of anilines is 2. The fourth-order valence-electron chi connectivity index (χ4n) is 9.14. The van der Waals surface area contributed by atoms with Gasteiger partial charge in [-0.3, -0.25) is 9.69 Å². The third-order valence-electron chi connectivity index (χ3n) is 11.7. The number of nitrogen functional groups attached to an aromatic ring is 1. The molecular formula is C36H33ClF5N7O2S. The summed E-state index contributed by atoms with van der Waals surface area (Å²) in [5, 5.41) is 10.4. The number of rotatable bonds is 6. The Hall–Kier alpha value is -4.00. The molecule has 1 amide bonds. The Bertz CT molecular complexity index is 2220. The number of nitrogens with zero attached hydrogens (tertiary/aromatic N) is 6. The van der Waals surface area contributed by atoms with Gasteiger partial charge >= 0.3 is 6.01 Å². The molecule has 4 aromatic rings. The van der Waals surface area contributed by atoms with E-state index >= 15 is 4.39 Å². The van der Waals surface area contributed by atoms with E-state index in [1.807, 2.05) is 11.0 Å². The molecule has 16 heteroatoms. The molecule has 1 spiro atoms. The number of amides is 1. The summed E-state index contributed by atoms with van der Waals surface area (Å²) in [5.41, 5.74) is 5.15. The van der Waals surface area contributed by atoms with Crippen LogP contribution in [0.25, 0.3) is 32.1 Å². The number of nitriles is 1. The lowest BCUT2D eigenvalue weighted by atomic mass is 9.73. The van der Waals surface area contributed by atoms with E-state index in [1.54, 1.807) is 6.07 Å². The molecule has 5 fully saturated rings. The van der Waals surface area contributed by atoms with Crippen molar-refractivity contribution in [1.29, 1.82) is 5.26 Å². The van der Waals surface area contributed by atoms with Crippen LogP contribution in [0.5, 0.6) is 6.01 Å². The van der Waals surface area contributed by atoms with Crippen molar-refractivity contribution in [1.82, 2.24) is 19.8 Å². The van der Waals surface area contributed by atoms with Gasteiger partial charge in [-0.2, -0.15) is 15.2 Å². The quantitative estimate of drug-likeness (QED) is 0.211. The molecule has 0 radical (unpaired) electrons. The molecule has 4 saturated heterocycles. The lowest BCUT2D eigenvalue weighted by Gasteiger charge is -2.55. The molecule has 2 aromatic heterocycles. The van der Waals surface area contributed by atoms with Crippen LogP contribution in [0, 0.1) is 34.3 Å². The Morgan fingerprint density at radius 3 is 2.65 bits per heavy atom. The molecule has 9 nitrogen and oxygen atoms in total. The van der Waals surface area contributed by atoms with Crippen LogP contribution in [0.2, 0.25) is 5.02 Å². The Morgan fingerprint density at radius 2 is 1.90 bits per heavy atom. The summed E-state index contributed by atoms with van der Waals surface area (Å²) in [4.78, 5) is 27.6. The highest BCUT2D eigenvalue weighted by Crippen LogP contribution is 2.52. The highest BCUT2D eigenvalue weighted by molar-refractivity contribution is 7.23. The lowest BCUT2D eigenvalue weighted by Crippen LogP contribution is -2.64. The number of ether oxygens (including phenoxy) is 1. The van der Waals surface area contributed by atoms with Crippen LogP contribution in [0.15, 0.2) is 18.2 Å². The van der Waals surface area contributed by atoms with E-state index in [2.05, 4.69) is 9.88 Å². The summed E-state index contributed by atoms with van der Waals surface area (Å²) in [6, 6.07) is 5.97. The molecule has 4 aliphatic heterocycles. The maximum absolute atomic E-state index is 17.1. The van der Waals surface area contributed by atoms with Gasteiger partial charge in [-0.25, -0.2) is 22.0 Å². The first-order valence-electron chi connectivity index (χ1n) is 17.4. The molecule has 272 valence electrons. The standard InChI is InChI=1S/C36H33ClF5N7O2S/c37-23-9-20-28(27(40)26(23)19-3-4-24(39)29-25(19)21(12-43)30(44)52-29)45-33(51-17-35-6-2-8-49(35)13-18(38)10-35)46-31(20)47-7-1-5-34(14-47)15-48(16-34)32(50)22-11-36(22,41)42/h3-4,9,18,22H,1-2,5-8,10-11,13-17,44H2/t18-,22-,35+/m1/s1. The molecule has 0 bridgehead atoms. The zero-order valence-corrected chi connectivity index (χ0v) is 29.4. The van der Waals surface area contributed by atoms with Crippen molar-refractivity contribution in [2.24, 2.45) is 11.3 Å². The highest BCUT2D eigenvalue weighted by atomic mass is 35.5. The minimum atomic E-state index is -2.94. The van der Waals surface area contributed by atoms with Gasteiger partial charge in [0.25, 0.3) is 5.92 Å². The van der Waals surface area contributed by atoms with Gasteiger partial charge in [-0.05, 0) is 49.9 Å². The fourth-order valence-corrected chi connectivity index (χ4v) is 10.4. The van der Waals surface area contributed by atoms with Gasteiger partial charge in [-0.15, -0.1) is 11.3 Å². The predicted octanol–water partition coefficient (Wildman–Crippen LogP) is 6.94. The number of piperidine rings is 1. The molecule has 0 unspecified atom stereocenters. The van der Waals surface area contributed by atoms with Crippen LogP contribution in [0.1, 0.15) is 44.1 Å². The number of likely N-dealkylation sites (tertiary alicyclic amines) is 1. The summed E-state index contributed by atoms with van der Waals surface area (Å²) in [6.45, 7) is 2.78. The zero-order chi connectivity index (χ0) is 36.3. The third kappa shape index (κ3) is 5.19. The Labute approximate surface area is 304 Å². The first kappa shape index (κ1) is 33.8. The van der Waals surface area contributed by atoms with Gasteiger partial charge in [0.2, 0.25) is 5.91 Å². The molecular weight excluding hydrogens is 725 g/mol. The van der Waals surface area contributed by atoms with Crippen molar-refractivity contribution < 1.29 is 31.5 Å². The molecule has 3 atom stereocenters. The molecule has 9 rings (SSSR count). The highest BCUT2D eigenvalue weighted by Gasteiger charge is 2.64. The van der Waals surface area contributed by atoms with Crippen LogP contribution in [-0.2, 0) is 4.79 Å². The molecule has 2 N–H and O–H groups in total. The SMILES string of the molecule is N#Cc1c(N)sc2c(F)ccc(-c3c(Cl)cc4c(N5CCCC6(CN(C(=O)[C@H]7CC7(F)F)C6)C5)nc(OC[C@@]56CCCN5C[C@H](F)C6)nc4c3F)c12. The fraction of sp³-hybridized carbons (Fsp3) is 0.500. The van der Waals surface area contributed by atoms with Crippen molar-refractivity contribution in [3.63, 3.8) is 0 Å². The van der Waals surface area contributed by atoms with Crippen molar-refractivity contribution in [3.05, 3.63) is 40.4 Å². The lowest BCUT2D eigenvalue weighted by molar-refractivity contribution is -0.147. The monoisotopic (exact) mass is 757 g/mol. The van der Waals surface area contributed by atoms with E-state index in [0.29, 0.717) is 51.4 Å². The Kier molecular flexibility index (Phi) is 7.64. The Morgan fingerprint density at radius 1 is 1.13 bits per heavy atom. The number of hydrogen-bond acceptors (Lipinski definition) is 9. The number of carbonyl (C=O) groups excluding carboxylic acids is 1. The minimum Gasteiger partial charge on any atom is -0.461 e. The second kappa shape index (κ2) is 11.8. The predicted molar refractivity (Wildman–Crippen MR) is 186 cm³/mol. The van der Waals surface area contributed by atoms with Gasteiger partial charge in [0.15, 0.2) is 5.82 Å². The summed E-state index contributed by atoms with van der Waals surface area (Å²) in [6.07, 6.45) is 2.02. The number of hydrogen-bond donors (Lipinski definition) is 1. The summed E-state index contributed by atoms with van der Waals surface area (Å²) >= 11 is 7.76. The molecule has 1 saturated carbocycles. The number of alkyl halides is 3. The number of thiophene rings is 1. The van der Waals surface area contributed by atoms with Crippen LogP contribution in [0.4, 0.5) is 32.8 Å². The first-order chi connectivity index (χ1) is 24.8. The van der Waals surface area contributed by atoms with Crippen molar-refractivity contribution in [2.45, 2.75) is 56.2 Å². The smallest absolute Gasteiger partial charge is 0.319 e. The van der Waals surface area contributed by atoms with Crippen LogP contribution in [0.3, 0.4) is 0 Å². The number of nitrogens with two attached hydrogens (primary N) is 1. The molecule has 52 heavy (non-hydrogen) atoms. The summed E-state index contributed by atoms with van der Waals surface area (Å²) in [5.74, 6) is -5.82. The van der Waals surface area contributed by atoms with Crippen molar-refractivity contribution in [3.8, 4) is 23.2 Å². The van der Waals surface area contributed by atoms with Gasteiger partial charge in [0.05, 0.1) is 20.8 Å². The molecule has 2 aromatic carbocycles. The second-order valence-electron chi connectivity index (χ2n) is 15.1. The van der Waals surface area contributed by atoms with E-state index in [0.717, 1.165) is 37.1 Å². The van der Waals surface area contributed by atoms with Crippen molar-refractivity contribution in [2.75, 3.05) is 56.5 Å². The molecule has 1 aliphatic carbocycles. The van der Waals surface area contributed by atoms with Crippen LogP contribution >= 0.6 is 22.9 Å². The van der Waals surface area contributed by atoms with E-state index in [-0.39, 0.29) is 65.7 Å². The first-order valence-corrected chi connectivity index (χ1v) is 18.6. The number of benzene rings is 2. The minimum absolute atomic E-state index is 0.0117. The van der Waals surface area contributed by atoms with Gasteiger partial charge in [0, 0.05) is 67.3 Å². The third-order valence-corrected chi connectivity index (χ3v) is 13.0. The topological polar surface area (TPSA) is 112 Å². The van der Waals surface area contributed by atoms with E-state index in [1.165, 1.54) is 17.0 Å². The molecule has 5 aliphatic rings.